The molecule has 0 amide bonds. The lowest BCUT2D eigenvalue weighted by atomic mass is 9.81. The van der Waals surface area contributed by atoms with Gasteiger partial charge in [0.25, 0.3) is 0 Å². The highest BCUT2D eigenvalue weighted by Crippen LogP contribution is 2.28. The minimum atomic E-state index is -1.20. The molecule has 1 atom stereocenters. The van der Waals surface area contributed by atoms with E-state index in [-0.39, 0.29) is 12.8 Å². The number of carbonyl (C=O) groups is 3. The standard InChI is InChI=1S/C13H22O6/c1-12(2,3)19-9(14)6-8(10(15)16)7-13(4,5)11(17)18/h8H,6-7H2,1-5H3,(H,15,16)(H,17,18). The molecule has 0 spiro atoms. The molecule has 0 aliphatic heterocycles. The van der Waals surface area contributed by atoms with Gasteiger partial charge in [0.2, 0.25) is 0 Å². The molecule has 19 heavy (non-hydrogen) atoms. The molecular weight excluding hydrogens is 252 g/mol. The van der Waals surface area contributed by atoms with Crippen LogP contribution in [0.4, 0.5) is 0 Å². The van der Waals surface area contributed by atoms with Gasteiger partial charge in [0.05, 0.1) is 17.8 Å². The van der Waals surface area contributed by atoms with E-state index in [9.17, 15) is 14.4 Å². The van der Waals surface area contributed by atoms with Gasteiger partial charge in [-0.2, -0.15) is 0 Å². The summed E-state index contributed by atoms with van der Waals surface area (Å²) in [5, 5.41) is 18.0. The summed E-state index contributed by atoms with van der Waals surface area (Å²) in [4.78, 5) is 33.7. The zero-order valence-corrected chi connectivity index (χ0v) is 12.0. The number of hydrogen-bond acceptors (Lipinski definition) is 4. The fourth-order valence-electron chi connectivity index (χ4n) is 1.53. The maximum atomic E-state index is 11.6. The van der Waals surface area contributed by atoms with Crippen molar-refractivity contribution < 1.29 is 29.3 Å². The lowest BCUT2D eigenvalue weighted by Crippen LogP contribution is -2.32. The number of hydrogen-bond donors (Lipinski definition) is 2. The quantitative estimate of drug-likeness (QED) is 0.717. The molecule has 0 heterocycles. The first-order valence-corrected chi connectivity index (χ1v) is 6.03. The summed E-state index contributed by atoms with van der Waals surface area (Å²) in [6.45, 7) is 7.91. The average Bonchev–Trinajstić information content (AvgIpc) is 2.12. The summed E-state index contributed by atoms with van der Waals surface area (Å²) in [6, 6.07) is 0. The van der Waals surface area contributed by atoms with E-state index in [1.54, 1.807) is 20.8 Å². The number of aliphatic carboxylic acids is 2. The van der Waals surface area contributed by atoms with Crippen LogP contribution in [0.1, 0.15) is 47.5 Å². The van der Waals surface area contributed by atoms with Crippen molar-refractivity contribution in [3.63, 3.8) is 0 Å². The number of carbonyl (C=O) groups excluding carboxylic acids is 1. The predicted molar refractivity (Wildman–Crippen MR) is 67.6 cm³/mol. The van der Waals surface area contributed by atoms with Crippen molar-refractivity contribution in [1.82, 2.24) is 0 Å². The summed E-state index contributed by atoms with van der Waals surface area (Å²) in [5.74, 6) is -4.00. The van der Waals surface area contributed by atoms with Gasteiger partial charge in [-0.3, -0.25) is 14.4 Å². The Bertz CT molecular complexity index is 364. The third-order valence-electron chi connectivity index (χ3n) is 2.52. The molecule has 2 N–H and O–H groups in total. The Morgan fingerprint density at radius 2 is 1.53 bits per heavy atom. The number of ether oxygens (including phenoxy) is 1. The molecule has 0 rings (SSSR count). The van der Waals surface area contributed by atoms with Crippen LogP contribution in [0.25, 0.3) is 0 Å². The summed E-state index contributed by atoms with van der Waals surface area (Å²) in [6.07, 6.45) is -0.458. The van der Waals surface area contributed by atoms with Gasteiger partial charge >= 0.3 is 17.9 Å². The van der Waals surface area contributed by atoms with E-state index in [2.05, 4.69) is 0 Å². The molecule has 1 unspecified atom stereocenters. The van der Waals surface area contributed by atoms with Crippen molar-refractivity contribution in [2.45, 2.75) is 53.1 Å². The predicted octanol–water partition coefficient (Wildman–Crippen LogP) is 1.92. The van der Waals surface area contributed by atoms with Crippen molar-refractivity contribution in [1.29, 1.82) is 0 Å². The molecule has 0 aromatic heterocycles. The van der Waals surface area contributed by atoms with Crippen molar-refractivity contribution >= 4 is 17.9 Å². The zero-order chi connectivity index (χ0) is 15.4. The van der Waals surface area contributed by atoms with Gasteiger partial charge in [-0.05, 0) is 41.0 Å². The Morgan fingerprint density at radius 3 is 1.84 bits per heavy atom. The minimum Gasteiger partial charge on any atom is -0.481 e. The maximum Gasteiger partial charge on any atom is 0.309 e. The van der Waals surface area contributed by atoms with Crippen LogP contribution in [0.15, 0.2) is 0 Å². The molecule has 0 saturated heterocycles. The van der Waals surface area contributed by atoms with Gasteiger partial charge in [0.15, 0.2) is 0 Å². The van der Waals surface area contributed by atoms with Gasteiger partial charge in [0, 0.05) is 0 Å². The normalized spacial score (nSPS) is 13.7. The van der Waals surface area contributed by atoms with E-state index < -0.39 is 34.8 Å². The molecule has 110 valence electrons. The fraction of sp³-hybridized carbons (Fsp3) is 0.769. The topological polar surface area (TPSA) is 101 Å². The SMILES string of the molecule is CC(C)(C)OC(=O)CC(CC(C)(C)C(=O)O)C(=O)O. The summed E-state index contributed by atoms with van der Waals surface area (Å²) in [7, 11) is 0. The monoisotopic (exact) mass is 274 g/mol. The highest BCUT2D eigenvalue weighted by Gasteiger charge is 2.35. The van der Waals surface area contributed by atoms with E-state index in [1.165, 1.54) is 13.8 Å². The van der Waals surface area contributed by atoms with Gasteiger partial charge < -0.3 is 14.9 Å². The van der Waals surface area contributed by atoms with E-state index in [4.69, 9.17) is 14.9 Å². The highest BCUT2D eigenvalue weighted by atomic mass is 16.6. The molecule has 0 aromatic carbocycles. The highest BCUT2D eigenvalue weighted by molar-refractivity contribution is 5.80. The molecule has 6 heteroatoms. The van der Waals surface area contributed by atoms with E-state index in [0.717, 1.165) is 0 Å². The average molecular weight is 274 g/mol. The van der Waals surface area contributed by atoms with Crippen LogP contribution in [-0.4, -0.2) is 33.7 Å². The number of carboxylic acids is 2. The van der Waals surface area contributed by atoms with Crippen LogP contribution in [0.5, 0.6) is 0 Å². The third-order valence-corrected chi connectivity index (χ3v) is 2.52. The second-order valence-corrected chi connectivity index (χ2v) is 6.22. The van der Waals surface area contributed by atoms with E-state index in [1.807, 2.05) is 0 Å². The smallest absolute Gasteiger partial charge is 0.309 e. The molecule has 0 aliphatic carbocycles. The number of esters is 1. The van der Waals surface area contributed by atoms with Crippen LogP contribution in [0, 0.1) is 11.3 Å². The molecular formula is C13H22O6. The summed E-state index contributed by atoms with van der Waals surface area (Å²) in [5.41, 5.74) is -1.90. The first-order chi connectivity index (χ1) is 8.35. The van der Waals surface area contributed by atoms with Crippen LogP contribution < -0.4 is 0 Å². The van der Waals surface area contributed by atoms with Gasteiger partial charge in [0.1, 0.15) is 5.60 Å². The molecule has 0 fully saturated rings. The molecule has 0 saturated carbocycles. The third kappa shape index (κ3) is 6.79. The largest absolute Gasteiger partial charge is 0.481 e. The van der Waals surface area contributed by atoms with Crippen molar-refractivity contribution in [3.8, 4) is 0 Å². The number of carboxylic acid groups (broad SMARTS) is 2. The van der Waals surface area contributed by atoms with Gasteiger partial charge in [-0.1, -0.05) is 0 Å². The van der Waals surface area contributed by atoms with Crippen molar-refractivity contribution in [3.05, 3.63) is 0 Å². The molecule has 6 nitrogen and oxygen atoms in total. The zero-order valence-electron chi connectivity index (χ0n) is 12.0. The second-order valence-electron chi connectivity index (χ2n) is 6.22. The van der Waals surface area contributed by atoms with Crippen molar-refractivity contribution in [2.24, 2.45) is 11.3 Å². The van der Waals surface area contributed by atoms with Gasteiger partial charge in [-0.25, -0.2) is 0 Å². The Kier molecular flexibility index (Phi) is 5.53. The lowest BCUT2D eigenvalue weighted by Gasteiger charge is -2.25. The number of rotatable bonds is 6. The Labute approximate surface area is 112 Å². The first kappa shape index (κ1) is 17.4. The second kappa shape index (κ2) is 6.04. The summed E-state index contributed by atoms with van der Waals surface area (Å²) < 4.78 is 5.04. The Balaban J connectivity index is 4.74. The molecule has 0 radical (unpaired) electrons. The van der Waals surface area contributed by atoms with Crippen LogP contribution in [-0.2, 0) is 19.1 Å². The molecule has 0 aliphatic rings. The van der Waals surface area contributed by atoms with Crippen LogP contribution in [0.2, 0.25) is 0 Å². The van der Waals surface area contributed by atoms with Crippen LogP contribution >= 0.6 is 0 Å². The molecule has 0 bridgehead atoms. The molecule has 0 aromatic rings. The Morgan fingerprint density at radius 1 is 1.05 bits per heavy atom. The van der Waals surface area contributed by atoms with Gasteiger partial charge in [-0.15, -0.1) is 0 Å². The fourth-order valence-corrected chi connectivity index (χ4v) is 1.53. The summed E-state index contributed by atoms with van der Waals surface area (Å²) >= 11 is 0. The van der Waals surface area contributed by atoms with Crippen LogP contribution in [0.3, 0.4) is 0 Å². The minimum absolute atomic E-state index is 0.128. The maximum absolute atomic E-state index is 11.6. The van der Waals surface area contributed by atoms with E-state index in [0.29, 0.717) is 0 Å². The Hall–Kier alpha value is -1.59. The first-order valence-electron chi connectivity index (χ1n) is 6.03. The van der Waals surface area contributed by atoms with E-state index >= 15 is 0 Å². The lowest BCUT2D eigenvalue weighted by molar-refractivity contribution is -0.162. The van der Waals surface area contributed by atoms with Crippen molar-refractivity contribution in [2.75, 3.05) is 0 Å².